The first-order valence-corrected chi connectivity index (χ1v) is 14.5. The number of aromatic nitrogens is 2. The van der Waals surface area contributed by atoms with E-state index in [0.29, 0.717) is 24.8 Å². The molecule has 0 aliphatic carbocycles. The Hall–Kier alpha value is -2.67. The number of piperidine rings is 1. The third-order valence-electron chi connectivity index (χ3n) is 6.54. The van der Waals surface area contributed by atoms with Crippen molar-refractivity contribution in [2.45, 2.75) is 25.8 Å². The number of nitrogens with one attached hydrogen (secondary N) is 2. The molecule has 39 heavy (non-hydrogen) atoms. The number of carbonyl (C=O) groups excluding carboxylic acids is 1. The van der Waals surface area contributed by atoms with E-state index in [4.69, 9.17) is 34.7 Å². The Labute approximate surface area is 251 Å². The number of halogens is 3. The molecule has 12 heteroatoms. The maximum absolute atomic E-state index is 12.7. The number of anilines is 2. The van der Waals surface area contributed by atoms with Gasteiger partial charge in [0.1, 0.15) is 0 Å². The van der Waals surface area contributed by atoms with Crippen LogP contribution in [-0.2, 0) is 13.0 Å². The van der Waals surface area contributed by atoms with Gasteiger partial charge < -0.3 is 21.7 Å². The summed E-state index contributed by atoms with van der Waals surface area (Å²) >= 11 is 14.6. The van der Waals surface area contributed by atoms with Crippen molar-refractivity contribution in [3.8, 4) is 0 Å². The number of nitrogen functional groups attached to an aromatic ring is 1. The highest BCUT2D eigenvalue weighted by molar-refractivity contribution is 14.1. The van der Waals surface area contributed by atoms with Crippen molar-refractivity contribution in [3.05, 3.63) is 79.1 Å². The fourth-order valence-electron chi connectivity index (χ4n) is 4.31. The molecule has 6 N–H and O–H groups in total. The molecule has 1 saturated heterocycles. The van der Waals surface area contributed by atoms with Crippen LogP contribution in [0.5, 0.6) is 0 Å². The molecule has 1 aliphatic rings. The molecule has 1 aliphatic heterocycles. The topological polar surface area (TPSA) is 135 Å². The van der Waals surface area contributed by atoms with Gasteiger partial charge in [0.05, 0.1) is 0 Å². The lowest BCUT2D eigenvalue weighted by atomic mass is 9.96. The monoisotopic (exact) mass is 680 g/mol. The lowest BCUT2D eigenvalue weighted by molar-refractivity contribution is 0.0972. The van der Waals surface area contributed by atoms with E-state index < -0.39 is 5.91 Å². The summed E-state index contributed by atoms with van der Waals surface area (Å²) in [4.78, 5) is 27.9. The Balaban J connectivity index is 1.23. The molecule has 0 spiro atoms. The van der Waals surface area contributed by atoms with Crippen molar-refractivity contribution in [1.29, 1.82) is 0 Å². The Morgan fingerprint density at radius 3 is 2.56 bits per heavy atom. The standard InChI is InChI=1S/C27H31Cl2IN8O/c28-20-3-1-2-17(14-20)8-11-38-12-9-19(10-13-38)16-34-27(32)37-26(39)22-24(31)36-25(23(29)35-22)33-15-18-4-6-21(30)7-5-18/h1-7,14,19H,8-13,15-16H2,(H3,31,33,36)(H3,32,34,37,39). The van der Waals surface area contributed by atoms with Crippen molar-refractivity contribution >= 4 is 69.3 Å². The van der Waals surface area contributed by atoms with Gasteiger partial charge in [-0.25, -0.2) is 9.97 Å². The van der Waals surface area contributed by atoms with Crippen LogP contribution in [-0.4, -0.2) is 52.9 Å². The summed E-state index contributed by atoms with van der Waals surface area (Å²) in [7, 11) is 0. The zero-order valence-corrected chi connectivity index (χ0v) is 25.0. The summed E-state index contributed by atoms with van der Waals surface area (Å²) in [5, 5.41) is 6.45. The normalized spacial score (nSPS) is 14.8. The largest absolute Gasteiger partial charge is 0.382 e. The first-order chi connectivity index (χ1) is 18.8. The molecule has 0 saturated carbocycles. The number of amides is 1. The molecule has 0 bridgehead atoms. The molecule has 9 nitrogen and oxygen atoms in total. The first kappa shape index (κ1) is 29.3. The lowest BCUT2D eigenvalue weighted by Gasteiger charge is -2.31. The molecule has 2 aromatic carbocycles. The van der Waals surface area contributed by atoms with Crippen LogP contribution in [0.2, 0.25) is 10.2 Å². The van der Waals surface area contributed by atoms with Crippen LogP contribution in [0.15, 0.2) is 53.5 Å². The van der Waals surface area contributed by atoms with Gasteiger partial charge in [-0.3, -0.25) is 15.1 Å². The summed E-state index contributed by atoms with van der Waals surface area (Å²) in [6.45, 7) is 4.02. The van der Waals surface area contributed by atoms with Crippen molar-refractivity contribution in [2.75, 3.05) is 37.2 Å². The fraction of sp³-hybridized carbons (Fsp3) is 0.333. The molecule has 2 heterocycles. The van der Waals surface area contributed by atoms with Gasteiger partial charge >= 0.3 is 0 Å². The van der Waals surface area contributed by atoms with Gasteiger partial charge in [0.2, 0.25) is 0 Å². The number of guanidine groups is 1. The molecule has 1 amide bonds. The van der Waals surface area contributed by atoms with Gasteiger partial charge in [0.25, 0.3) is 5.91 Å². The summed E-state index contributed by atoms with van der Waals surface area (Å²) in [5.41, 5.74) is 14.2. The molecule has 1 aromatic heterocycles. The maximum Gasteiger partial charge on any atom is 0.280 e. The van der Waals surface area contributed by atoms with Gasteiger partial charge in [0, 0.05) is 28.2 Å². The van der Waals surface area contributed by atoms with Crippen LogP contribution in [0.4, 0.5) is 11.6 Å². The zero-order chi connectivity index (χ0) is 27.8. The van der Waals surface area contributed by atoms with Crippen molar-refractivity contribution in [2.24, 2.45) is 16.6 Å². The number of carbonyl (C=O) groups is 1. The van der Waals surface area contributed by atoms with E-state index >= 15 is 0 Å². The van der Waals surface area contributed by atoms with E-state index in [1.54, 1.807) is 0 Å². The van der Waals surface area contributed by atoms with Gasteiger partial charge in [-0.1, -0.05) is 47.5 Å². The summed E-state index contributed by atoms with van der Waals surface area (Å²) < 4.78 is 1.14. The number of rotatable bonds is 9. The first-order valence-electron chi connectivity index (χ1n) is 12.7. The number of benzene rings is 2. The highest BCUT2D eigenvalue weighted by atomic mass is 127. The number of nitrogens with zero attached hydrogens (tertiary/aromatic N) is 4. The van der Waals surface area contributed by atoms with Crippen molar-refractivity contribution in [1.82, 2.24) is 20.2 Å². The summed E-state index contributed by atoms with van der Waals surface area (Å²) in [6, 6.07) is 16.0. The quantitative estimate of drug-likeness (QED) is 0.148. The molecule has 4 rings (SSSR count). The lowest BCUT2D eigenvalue weighted by Crippen LogP contribution is -2.39. The second-order valence-electron chi connectivity index (χ2n) is 9.42. The number of nitrogens with two attached hydrogens (primary N) is 2. The molecule has 206 valence electrons. The molecular formula is C27H31Cl2IN8O. The highest BCUT2D eigenvalue weighted by Gasteiger charge is 2.20. The van der Waals surface area contributed by atoms with E-state index in [1.165, 1.54) is 5.56 Å². The van der Waals surface area contributed by atoms with Crippen LogP contribution >= 0.6 is 45.8 Å². The Morgan fingerprint density at radius 1 is 1.10 bits per heavy atom. The minimum absolute atomic E-state index is 0.0154. The highest BCUT2D eigenvalue weighted by Crippen LogP contribution is 2.22. The second kappa shape index (κ2) is 14.1. The van der Waals surface area contributed by atoms with Gasteiger partial charge in [-0.2, -0.15) is 0 Å². The molecular weight excluding hydrogens is 650 g/mol. The Kier molecular flexibility index (Phi) is 10.6. The summed E-state index contributed by atoms with van der Waals surface area (Å²) in [6.07, 6.45) is 3.01. The van der Waals surface area contributed by atoms with Gasteiger partial charge in [-0.15, -0.1) is 0 Å². The number of hydrogen-bond acceptors (Lipinski definition) is 7. The maximum atomic E-state index is 12.7. The van der Waals surface area contributed by atoms with Crippen molar-refractivity contribution in [3.63, 3.8) is 0 Å². The number of likely N-dealkylation sites (tertiary alicyclic amines) is 1. The van der Waals surface area contributed by atoms with Crippen molar-refractivity contribution < 1.29 is 4.79 Å². The van der Waals surface area contributed by atoms with E-state index in [1.807, 2.05) is 42.5 Å². The van der Waals surface area contributed by atoms with Crippen LogP contribution in [0.1, 0.15) is 34.5 Å². The zero-order valence-electron chi connectivity index (χ0n) is 21.3. The van der Waals surface area contributed by atoms with Crippen LogP contribution in [0.3, 0.4) is 0 Å². The average molecular weight is 681 g/mol. The van der Waals surface area contributed by atoms with E-state index in [0.717, 1.165) is 53.1 Å². The minimum atomic E-state index is -0.608. The second-order valence-corrected chi connectivity index (χ2v) is 11.5. The smallest absolute Gasteiger partial charge is 0.280 e. The number of aliphatic imine (C=N–C) groups is 1. The van der Waals surface area contributed by atoms with Crippen LogP contribution in [0.25, 0.3) is 0 Å². The third-order valence-corrected chi connectivity index (χ3v) is 7.76. The van der Waals surface area contributed by atoms with Gasteiger partial charge in [0.15, 0.2) is 28.4 Å². The number of hydrogen-bond donors (Lipinski definition) is 4. The average Bonchev–Trinajstić information content (AvgIpc) is 2.92. The van der Waals surface area contributed by atoms with Gasteiger partial charge in [-0.05, 0) is 96.3 Å². The Bertz CT molecular complexity index is 1310. The van der Waals surface area contributed by atoms with Crippen LogP contribution < -0.4 is 22.1 Å². The van der Waals surface area contributed by atoms with E-state index in [2.05, 4.69) is 59.2 Å². The molecule has 0 radical (unpaired) electrons. The SMILES string of the molecule is NC(=NCC1CCN(CCc2cccc(Cl)c2)CC1)NC(=O)c1nc(Cl)c(NCc2ccc(I)cc2)nc1N. The molecule has 3 aromatic rings. The predicted octanol–water partition coefficient (Wildman–Crippen LogP) is 4.58. The predicted molar refractivity (Wildman–Crippen MR) is 166 cm³/mol. The summed E-state index contributed by atoms with van der Waals surface area (Å²) in [5.74, 6) is 0.0511. The fourth-order valence-corrected chi connectivity index (χ4v) is 5.08. The van der Waals surface area contributed by atoms with E-state index in [-0.39, 0.29) is 22.6 Å². The minimum Gasteiger partial charge on any atom is -0.382 e. The van der Waals surface area contributed by atoms with Crippen LogP contribution in [0, 0.1) is 9.49 Å². The molecule has 0 unspecified atom stereocenters. The third kappa shape index (κ3) is 8.92. The van der Waals surface area contributed by atoms with E-state index in [9.17, 15) is 4.79 Å². The molecule has 0 atom stereocenters. The Morgan fingerprint density at radius 2 is 1.85 bits per heavy atom. The molecule has 1 fully saturated rings.